The zero-order valence-corrected chi connectivity index (χ0v) is 21.4. The number of halogens is 6. The molecule has 0 unspecified atom stereocenters. The molecule has 1 aromatic heterocycles. The molecule has 1 N–H and O–H groups in total. The second-order valence-corrected chi connectivity index (χ2v) is 9.39. The molecule has 1 aliphatic heterocycles. The van der Waals surface area contributed by atoms with E-state index in [9.17, 15) is 31.1 Å². The molecule has 0 atom stereocenters. The van der Waals surface area contributed by atoms with Gasteiger partial charge in [-0.1, -0.05) is 12.1 Å². The highest BCUT2D eigenvalue weighted by atomic mass is 19.4. The van der Waals surface area contributed by atoms with Crippen LogP contribution in [-0.4, -0.2) is 47.0 Å². The zero-order chi connectivity index (χ0) is 29.2. The van der Waals surface area contributed by atoms with Gasteiger partial charge >= 0.3 is 12.4 Å². The van der Waals surface area contributed by atoms with Crippen LogP contribution in [0.3, 0.4) is 0 Å². The van der Waals surface area contributed by atoms with Crippen LogP contribution >= 0.6 is 0 Å². The minimum Gasteiger partial charge on any atom is -0.368 e. The van der Waals surface area contributed by atoms with Crippen molar-refractivity contribution in [2.45, 2.75) is 12.4 Å². The lowest BCUT2D eigenvalue weighted by molar-refractivity contribution is -0.138. The van der Waals surface area contributed by atoms with E-state index in [-0.39, 0.29) is 5.91 Å². The third-order valence-electron chi connectivity index (χ3n) is 6.68. The Balaban J connectivity index is 1.23. The molecule has 3 aromatic carbocycles. The largest absolute Gasteiger partial charge is 0.416 e. The molecule has 1 saturated heterocycles. The number of rotatable bonds is 5. The average Bonchev–Trinajstić information content (AvgIpc) is 2.96. The summed E-state index contributed by atoms with van der Waals surface area (Å²) in [5.41, 5.74) is 1.23. The van der Waals surface area contributed by atoms with Crippen LogP contribution in [0.15, 0.2) is 85.2 Å². The minimum atomic E-state index is -4.43. The van der Waals surface area contributed by atoms with Gasteiger partial charge in [0.1, 0.15) is 12.1 Å². The molecule has 6 nitrogen and oxygen atoms in total. The first kappa shape index (κ1) is 27.9. The van der Waals surface area contributed by atoms with E-state index in [0.29, 0.717) is 60.2 Å². The van der Waals surface area contributed by atoms with Crippen molar-refractivity contribution in [2.24, 2.45) is 0 Å². The highest BCUT2D eigenvalue weighted by Crippen LogP contribution is 2.32. The van der Waals surface area contributed by atoms with E-state index in [4.69, 9.17) is 0 Å². The Labute approximate surface area is 231 Å². The summed E-state index contributed by atoms with van der Waals surface area (Å²) < 4.78 is 77.0. The Bertz CT molecular complexity index is 1510. The van der Waals surface area contributed by atoms with Gasteiger partial charge in [0.15, 0.2) is 0 Å². The summed E-state index contributed by atoms with van der Waals surface area (Å²) in [4.78, 5) is 25.3. The molecule has 5 rings (SSSR count). The molecular formula is C29H23F6N5O. The van der Waals surface area contributed by atoms with Gasteiger partial charge in [0.2, 0.25) is 0 Å². The Morgan fingerprint density at radius 3 is 1.95 bits per heavy atom. The van der Waals surface area contributed by atoms with E-state index in [0.717, 1.165) is 24.3 Å². The number of hydrogen-bond acceptors (Lipinski definition) is 5. The third-order valence-corrected chi connectivity index (χ3v) is 6.68. The molecular weight excluding hydrogens is 548 g/mol. The average molecular weight is 572 g/mol. The number of benzene rings is 3. The Morgan fingerprint density at radius 1 is 0.732 bits per heavy atom. The number of nitrogens with zero attached hydrogens (tertiary/aromatic N) is 4. The van der Waals surface area contributed by atoms with E-state index >= 15 is 0 Å². The number of piperazine rings is 1. The van der Waals surface area contributed by atoms with Crippen molar-refractivity contribution in [1.82, 2.24) is 14.9 Å². The van der Waals surface area contributed by atoms with Gasteiger partial charge in [-0.2, -0.15) is 26.3 Å². The summed E-state index contributed by atoms with van der Waals surface area (Å²) in [5, 5.41) is 2.96. The van der Waals surface area contributed by atoms with E-state index in [1.54, 1.807) is 35.2 Å². The smallest absolute Gasteiger partial charge is 0.368 e. The fourth-order valence-electron chi connectivity index (χ4n) is 4.50. The predicted octanol–water partition coefficient (Wildman–Crippen LogP) is 6.89. The first-order valence-corrected chi connectivity index (χ1v) is 12.6. The molecule has 0 aliphatic carbocycles. The van der Waals surface area contributed by atoms with Gasteiger partial charge in [0, 0.05) is 54.7 Å². The first-order chi connectivity index (χ1) is 19.5. The molecule has 1 aliphatic rings. The topological polar surface area (TPSA) is 61.4 Å². The number of aromatic nitrogens is 2. The fourth-order valence-corrected chi connectivity index (χ4v) is 4.50. The molecule has 0 bridgehead atoms. The summed E-state index contributed by atoms with van der Waals surface area (Å²) in [6, 6.07) is 18.1. The number of amides is 1. The predicted molar refractivity (Wildman–Crippen MR) is 142 cm³/mol. The van der Waals surface area contributed by atoms with Gasteiger partial charge in [0.05, 0.1) is 16.8 Å². The van der Waals surface area contributed by atoms with Crippen LogP contribution in [0.1, 0.15) is 21.5 Å². The van der Waals surface area contributed by atoms with Gasteiger partial charge in [-0.15, -0.1) is 0 Å². The minimum absolute atomic E-state index is 0.184. The van der Waals surface area contributed by atoms with Crippen LogP contribution in [0.25, 0.3) is 11.3 Å². The van der Waals surface area contributed by atoms with Crippen LogP contribution in [0.5, 0.6) is 0 Å². The second-order valence-electron chi connectivity index (χ2n) is 9.39. The standard InChI is InChI=1S/C29H23F6N5O/c30-28(31,32)21-4-8-23(9-5-21)38-26-17-25(36-18-37-26)19-2-1-3-20(16-19)27(41)40-14-12-39(13-15-40)24-10-6-22(7-11-24)29(33,34)35/h1-11,16-18H,12-15H2,(H,36,37,38). The molecule has 0 spiro atoms. The normalized spacial score (nSPS) is 14.2. The molecule has 0 saturated carbocycles. The quantitative estimate of drug-likeness (QED) is 0.265. The molecule has 212 valence electrons. The van der Waals surface area contributed by atoms with Gasteiger partial charge < -0.3 is 15.1 Å². The Morgan fingerprint density at radius 2 is 1.34 bits per heavy atom. The number of nitrogens with one attached hydrogen (secondary N) is 1. The van der Waals surface area contributed by atoms with E-state index in [1.807, 2.05) is 4.90 Å². The summed E-state index contributed by atoms with van der Waals surface area (Å²) in [6.45, 7) is 1.75. The maximum atomic E-state index is 13.2. The van der Waals surface area contributed by atoms with Crippen LogP contribution in [0.2, 0.25) is 0 Å². The van der Waals surface area contributed by atoms with Crippen molar-refractivity contribution in [3.05, 3.63) is 102 Å². The number of carbonyl (C=O) groups excluding carboxylic acids is 1. The van der Waals surface area contributed by atoms with Crippen molar-refractivity contribution < 1.29 is 31.1 Å². The van der Waals surface area contributed by atoms with E-state index < -0.39 is 23.5 Å². The van der Waals surface area contributed by atoms with Crippen LogP contribution < -0.4 is 10.2 Å². The number of alkyl halides is 6. The van der Waals surface area contributed by atoms with Crippen molar-refractivity contribution in [2.75, 3.05) is 36.4 Å². The second kappa shape index (κ2) is 11.1. The van der Waals surface area contributed by atoms with Crippen LogP contribution in [0, 0.1) is 0 Å². The van der Waals surface area contributed by atoms with Crippen LogP contribution in [-0.2, 0) is 12.4 Å². The van der Waals surface area contributed by atoms with Crippen LogP contribution in [0.4, 0.5) is 43.5 Å². The number of hydrogen-bond donors (Lipinski definition) is 1. The van der Waals surface area contributed by atoms with Crippen molar-refractivity contribution >= 4 is 23.1 Å². The highest BCUT2D eigenvalue weighted by molar-refractivity contribution is 5.95. The number of carbonyl (C=O) groups is 1. The maximum absolute atomic E-state index is 13.2. The molecule has 1 amide bonds. The maximum Gasteiger partial charge on any atom is 0.416 e. The van der Waals surface area contributed by atoms with Gasteiger partial charge in [-0.3, -0.25) is 4.79 Å². The Kier molecular flexibility index (Phi) is 7.57. The summed E-state index contributed by atoms with van der Waals surface area (Å²) >= 11 is 0. The highest BCUT2D eigenvalue weighted by Gasteiger charge is 2.31. The SMILES string of the molecule is O=C(c1cccc(-c2cc(Nc3ccc(C(F)(F)F)cc3)ncn2)c1)N1CCN(c2ccc(C(F)(F)F)cc2)CC1. The lowest BCUT2D eigenvalue weighted by atomic mass is 10.1. The lowest BCUT2D eigenvalue weighted by Gasteiger charge is -2.36. The lowest BCUT2D eigenvalue weighted by Crippen LogP contribution is -2.48. The first-order valence-electron chi connectivity index (χ1n) is 12.6. The third kappa shape index (κ3) is 6.59. The molecule has 4 aromatic rings. The molecule has 12 heteroatoms. The summed E-state index contributed by atoms with van der Waals surface area (Å²) in [5.74, 6) is 0.182. The van der Waals surface area contributed by atoms with Crippen molar-refractivity contribution in [1.29, 1.82) is 0 Å². The molecule has 2 heterocycles. The molecule has 41 heavy (non-hydrogen) atoms. The Hall–Kier alpha value is -4.61. The molecule has 1 fully saturated rings. The summed E-state index contributed by atoms with van der Waals surface area (Å²) in [7, 11) is 0. The molecule has 0 radical (unpaired) electrons. The van der Waals surface area contributed by atoms with Crippen molar-refractivity contribution in [3.8, 4) is 11.3 Å². The van der Waals surface area contributed by atoms with E-state index in [2.05, 4.69) is 15.3 Å². The number of anilines is 3. The zero-order valence-electron chi connectivity index (χ0n) is 21.4. The van der Waals surface area contributed by atoms with Crippen molar-refractivity contribution in [3.63, 3.8) is 0 Å². The summed E-state index contributed by atoms with van der Waals surface area (Å²) in [6.07, 6.45) is -7.51. The van der Waals surface area contributed by atoms with Gasteiger partial charge in [0.25, 0.3) is 5.91 Å². The van der Waals surface area contributed by atoms with Gasteiger partial charge in [-0.25, -0.2) is 9.97 Å². The fraction of sp³-hybridized carbons (Fsp3) is 0.207. The monoisotopic (exact) mass is 571 g/mol. The van der Waals surface area contributed by atoms with Gasteiger partial charge in [-0.05, 0) is 60.7 Å². The van der Waals surface area contributed by atoms with E-state index in [1.165, 1.54) is 30.6 Å².